The largest absolute Gasteiger partial charge is 0.371 e. The van der Waals surface area contributed by atoms with Crippen LogP contribution in [0, 0.1) is 41.8 Å². The zero-order valence-corrected chi connectivity index (χ0v) is 75.8. The SMILES string of the molecule is CC(C)(C)c1cc(F)c(C2CC2)cc1F.CC(C)(C)c1ccc(C2(F)CC2)cc1F.CC(C)(C)c1ccc(C2CC2)cc1.CC(C)(C)c1ccc(C2CC2)cc1Cl.CC(C)(C)c1ccc(C2CC2)cc1F.CC(C)(C)c1ccc(C2CCC2)cc1F.CC(C)(C)c1ccc(N2CCC2)cc1F.Cc1cc(C2CC2)ccc1C(C)(C)C. The van der Waals surface area contributed by atoms with Gasteiger partial charge in [0.15, 0.2) is 0 Å². The molecule has 1 aliphatic heterocycles. The number of rotatable bonds is 8. The maximum atomic E-state index is 13.9. The Morgan fingerprint density at radius 2 is 0.626 bits per heavy atom. The van der Waals surface area contributed by atoms with Crippen LogP contribution in [0.3, 0.4) is 0 Å². The molecule has 1 saturated heterocycles. The van der Waals surface area contributed by atoms with E-state index in [1.807, 2.05) is 107 Å². The third-order valence-electron chi connectivity index (χ3n) is 23.9. The summed E-state index contributed by atoms with van der Waals surface area (Å²) in [4.78, 5) is 2.20. The second-order valence-corrected chi connectivity index (χ2v) is 43.3. The van der Waals surface area contributed by atoms with Crippen molar-refractivity contribution in [3.8, 4) is 0 Å². The van der Waals surface area contributed by atoms with E-state index in [9.17, 15) is 30.7 Å². The van der Waals surface area contributed by atoms with E-state index < -0.39 is 5.67 Å². The van der Waals surface area contributed by atoms with Gasteiger partial charge in [-0.05, 0) is 320 Å². The summed E-state index contributed by atoms with van der Waals surface area (Å²) in [6, 6.07) is 47.5. The Morgan fingerprint density at radius 1 is 0.296 bits per heavy atom. The van der Waals surface area contributed by atoms with Gasteiger partial charge in [0.25, 0.3) is 0 Å². The maximum Gasteiger partial charge on any atom is 0.136 e. The molecule has 1 nitrogen and oxygen atoms in total. The lowest BCUT2D eigenvalue weighted by atomic mass is 9.78. The molecule has 8 aromatic rings. The van der Waals surface area contributed by atoms with Crippen LogP contribution in [0.2, 0.25) is 5.02 Å². The van der Waals surface area contributed by atoms with Gasteiger partial charge in [-0.15, -0.1) is 0 Å². The van der Waals surface area contributed by atoms with Crippen molar-refractivity contribution in [1.82, 2.24) is 0 Å². The Bertz CT molecular complexity index is 4300. The predicted octanol–water partition coefficient (Wildman–Crippen LogP) is 32.5. The summed E-state index contributed by atoms with van der Waals surface area (Å²) in [5.74, 6) is 3.11. The first-order valence-electron chi connectivity index (χ1n) is 43.4. The van der Waals surface area contributed by atoms with Gasteiger partial charge in [0.05, 0.1) is 0 Å². The van der Waals surface area contributed by atoms with Gasteiger partial charge in [-0.3, -0.25) is 0 Å². The molecular weight excluding hydrogens is 1460 g/mol. The zero-order chi connectivity index (χ0) is 85.1. The summed E-state index contributed by atoms with van der Waals surface area (Å²) in [6.45, 7) is 54.5. The van der Waals surface area contributed by atoms with E-state index >= 15 is 0 Å². The molecule has 0 aromatic heterocycles. The highest BCUT2D eigenvalue weighted by atomic mass is 35.5. The molecule has 9 heteroatoms. The zero-order valence-electron chi connectivity index (χ0n) is 75.0. The number of hydrogen-bond acceptors (Lipinski definition) is 1. The molecule has 626 valence electrons. The molecular formula is C106H141ClF7N. The average molecular weight is 1600 g/mol. The fourth-order valence-corrected chi connectivity index (χ4v) is 15.6. The van der Waals surface area contributed by atoms with Gasteiger partial charge in [-0.1, -0.05) is 281 Å². The van der Waals surface area contributed by atoms with Gasteiger partial charge in [-0.2, -0.15) is 0 Å². The van der Waals surface area contributed by atoms with E-state index in [4.69, 9.17) is 11.6 Å². The quantitative estimate of drug-likeness (QED) is 0.137. The third kappa shape index (κ3) is 26.7. The minimum Gasteiger partial charge on any atom is -0.371 e. The van der Waals surface area contributed by atoms with Crippen molar-refractivity contribution in [2.75, 3.05) is 18.0 Å². The van der Waals surface area contributed by atoms with Crippen LogP contribution in [0.4, 0.5) is 36.4 Å². The van der Waals surface area contributed by atoms with Gasteiger partial charge in [-0.25, -0.2) is 30.7 Å². The molecule has 0 unspecified atom stereocenters. The number of benzene rings is 8. The Kier molecular flexibility index (Phi) is 29.3. The Hall–Kier alpha value is -6.64. The molecule has 0 N–H and O–H groups in total. The van der Waals surface area contributed by atoms with E-state index in [0.29, 0.717) is 52.3 Å². The van der Waals surface area contributed by atoms with Crippen LogP contribution < -0.4 is 4.90 Å². The number of hydrogen-bond donors (Lipinski definition) is 0. The van der Waals surface area contributed by atoms with Crippen LogP contribution in [0.25, 0.3) is 0 Å². The molecule has 0 bridgehead atoms. The number of halogens is 8. The van der Waals surface area contributed by atoms with Gasteiger partial charge >= 0.3 is 0 Å². The van der Waals surface area contributed by atoms with Gasteiger partial charge in [0, 0.05) is 23.8 Å². The minimum absolute atomic E-state index is 0.0353. The summed E-state index contributed by atoms with van der Waals surface area (Å²) >= 11 is 6.29. The van der Waals surface area contributed by atoms with E-state index in [0.717, 1.165) is 71.1 Å². The lowest BCUT2D eigenvalue weighted by molar-refractivity contribution is 0.316. The molecule has 0 atom stereocenters. The molecule has 16 rings (SSSR count). The van der Waals surface area contributed by atoms with Crippen LogP contribution in [0.1, 0.15) is 393 Å². The van der Waals surface area contributed by atoms with Crippen molar-refractivity contribution < 1.29 is 30.7 Å². The van der Waals surface area contributed by atoms with Crippen LogP contribution in [0.15, 0.2) is 146 Å². The van der Waals surface area contributed by atoms with Crippen LogP contribution in [-0.2, 0) is 49.0 Å². The molecule has 8 aliphatic rings. The van der Waals surface area contributed by atoms with Gasteiger partial charge < -0.3 is 4.90 Å². The predicted molar refractivity (Wildman–Crippen MR) is 476 cm³/mol. The fraction of sp³-hybridized carbons (Fsp3) is 0.547. The highest BCUT2D eigenvalue weighted by molar-refractivity contribution is 6.31. The number of nitrogens with zero attached hydrogens (tertiary/aromatic N) is 1. The van der Waals surface area contributed by atoms with E-state index in [-0.39, 0.29) is 78.7 Å². The van der Waals surface area contributed by atoms with Gasteiger partial charge in [0.2, 0.25) is 0 Å². The standard InChI is InChI=1S/C14H19F.C14H20.C13H17Cl.2C13H16F2.C13H18FN.C13H17F.C13H18/c1-14(2,3)12-8-7-11(9-13(12)15)10-5-4-6-10;1-10-9-12(11-5-6-11)7-8-13(10)14(2,3)4;1-13(2,3)11-7-6-10(8-12(11)14)9-4-5-9;1-13(2,3)10-7-11(14)9(6-12(10)15)8-4-5-8;1-12(2,3)10-5-4-9(8-11(10)14)13(15)6-7-13;1-13(2,3)11-6-5-10(9-12(11)14)15-7-4-8-15;1-13(2,3)11-7-6-10(8-12(11)14)9-4-5-9;1-13(2,3)12-8-6-11(7-9-12)10-4-5-10/h7-10H,4-6H2,1-3H3;7-9,11H,5-6H2,1-4H3;6-9H,4-5H2,1-3H3;6-8H,4-5H2,1-3H3;4-5,8H,6-7H2,1-3H3;5-6,9H,4,7-8H2,1-3H3;6-9H,4-5H2,1-3H3;6-10H,4-5H2,1-3H3. The first-order chi connectivity index (χ1) is 53.2. The van der Waals surface area contributed by atoms with Gasteiger partial charge in [0.1, 0.15) is 40.6 Å². The minimum atomic E-state index is -1.24. The van der Waals surface area contributed by atoms with Crippen molar-refractivity contribution in [3.05, 3.63) is 275 Å². The molecule has 1 heterocycles. The summed E-state index contributed by atoms with van der Waals surface area (Å²) in [7, 11) is 0. The molecule has 7 aliphatic carbocycles. The number of anilines is 1. The Morgan fingerprint density at radius 3 is 0.948 bits per heavy atom. The van der Waals surface area contributed by atoms with Crippen molar-refractivity contribution in [2.24, 2.45) is 0 Å². The highest BCUT2D eigenvalue weighted by Gasteiger charge is 2.45. The summed E-state index contributed by atoms with van der Waals surface area (Å²) in [5.41, 5.74) is 16.8. The monoisotopic (exact) mass is 1600 g/mol. The molecule has 8 aromatic carbocycles. The van der Waals surface area contributed by atoms with Crippen LogP contribution in [-0.4, -0.2) is 13.1 Å². The van der Waals surface area contributed by atoms with E-state index in [1.165, 1.54) is 140 Å². The lowest BCUT2D eigenvalue weighted by Gasteiger charge is -2.33. The topological polar surface area (TPSA) is 3.24 Å². The second kappa shape index (κ2) is 36.5. The highest BCUT2D eigenvalue weighted by Crippen LogP contribution is 2.51. The normalized spacial score (nSPS) is 17.3. The maximum absolute atomic E-state index is 13.9. The second-order valence-electron chi connectivity index (χ2n) is 42.9. The van der Waals surface area contributed by atoms with Crippen molar-refractivity contribution in [2.45, 2.75) is 360 Å². The third-order valence-corrected chi connectivity index (χ3v) is 24.2. The average Bonchev–Trinajstić information content (AvgIpc) is 1.65. The van der Waals surface area contributed by atoms with Crippen LogP contribution in [0.5, 0.6) is 0 Å². The molecule has 8 fully saturated rings. The summed E-state index contributed by atoms with van der Waals surface area (Å²) in [5, 5.41) is 0.932. The van der Waals surface area contributed by atoms with Crippen LogP contribution >= 0.6 is 11.6 Å². The van der Waals surface area contributed by atoms with Crippen molar-refractivity contribution >= 4 is 17.3 Å². The fourth-order valence-electron chi connectivity index (χ4n) is 15.2. The smallest absolute Gasteiger partial charge is 0.136 e. The molecule has 0 amide bonds. The number of alkyl halides is 1. The molecule has 7 saturated carbocycles. The first kappa shape index (κ1) is 92.2. The van der Waals surface area contributed by atoms with E-state index in [2.05, 4.69) is 168 Å². The van der Waals surface area contributed by atoms with E-state index in [1.54, 1.807) is 35.9 Å². The summed E-state index contributed by atoms with van der Waals surface area (Å²) in [6.07, 6.45) is 18.8. The first-order valence-corrected chi connectivity index (χ1v) is 43.7. The Balaban J connectivity index is 0.000000150. The summed E-state index contributed by atoms with van der Waals surface area (Å²) < 4.78 is 96.3. The number of aryl methyl sites for hydroxylation is 1. The Labute approximate surface area is 696 Å². The lowest BCUT2D eigenvalue weighted by Crippen LogP contribution is -2.37. The van der Waals surface area contributed by atoms with Crippen molar-refractivity contribution in [3.63, 3.8) is 0 Å². The molecule has 0 radical (unpaired) electrons. The molecule has 0 spiro atoms. The van der Waals surface area contributed by atoms with Crippen molar-refractivity contribution in [1.29, 1.82) is 0 Å². The molecule has 115 heavy (non-hydrogen) atoms.